The number of hydrogen-bond donors (Lipinski definition) is 2. The Hall–Kier alpha value is -0.160. The average Bonchev–Trinajstić information content (AvgIpc) is 1.99. The summed E-state index contributed by atoms with van der Waals surface area (Å²) in [6.07, 6.45) is -2.22. The first-order chi connectivity index (χ1) is 5.16. The molecule has 1 aliphatic rings. The van der Waals surface area contributed by atoms with Gasteiger partial charge in [0.1, 0.15) is 18.3 Å². The Morgan fingerprint density at radius 3 is 2.55 bits per heavy atom. The second-order valence-electron chi connectivity index (χ2n) is 2.80. The number of ether oxygens (including phenoxy) is 2. The summed E-state index contributed by atoms with van der Waals surface area (Å²) in [6.45, 7) is 1.99. The van der Waals surface area contributed by atoms with E-state index in [9.17, 15) is 10.2 Å². The van der Waals surface area contributed by atoms with Gasteiger partial charge in [-0.1, -0.05) is 0 Å². The van der Waals surface area contributed by atoms with Crippen LogP contribution in [-0.2, 0) is 9.47 Å². The Balaban J connectivity index is 2.55. The van der Waals surface area contributed by atoms with Crippen molar-refractivity contribution in [1.29, 1.82) is 0 Å². The second-order valence-corrected chi connectivity index (χ2v) is 2.80. The van der Waals surface area contributed by atoms with Crippen LogP contribution in [0, 0.1) is 0 Å². The van der Waals surface area contributed by atoms with Crippen molar-refractivity contribution in [2.24, 2.45) is 0 Å². The molecule has 1 saturated heterocycles. The van der Waals surface area contributed by atoms with E-state index >= 15 is 0 Å². The highest BCUT2D eigenvalue weighted by atomic mass is 16.5. The summed E-state index contributed by atoms with van der Waals surface area (Å²) < 4.78 is 9.96. The smallest absolute Gasteiger partial charge is 0.114 e. The summed E-state index contributed by atoms with van der Waals surface area (Å²) in [4.78, 5) is 0. The van der Waals surface area contributed by atoms with Crippen LogP contribution in [0.5, 0.6) is 0 Å². The largest absolute Gasteiger partial charge is 0.388 e. The number of aliphatic hydroxyl groups excluding tert-OH is 2. The maximum atomic E-state index is 9.40. The van der Waals surface area contributed by atoms with Gasteiger partial charge in [-0.15, -0.1) is 0 Å². The molecule has 1 aliphatic heterocycles. The molecule has 0 bridgehead atoms. The summed E-state index contributed by atoms with van der Waals surface area (Å²) in [5.41, 5.74) is 0. The molecule has 0 amide bonds. The van der Waals surface area contributed by atoms with Crippen molar-refractivity contribution in [3.63, 3.8) is 0 Å². The topological polar surface area (TPSA) is 58.9 Å². The molecular weight excluding hydrogens is 148 g/mol. The summed E-state index contributed by atoms with van der Waals surface area (Å²) in [5.74, 6) is 0. The third-order valence-corrected chi connectivity index (χ3v) is 2.00. The zero-order chi connectivity index (χ0) is 8.43. The molecule has 1 rings (SSSR count). The maximum absolute atomic E-state index is 9.40. The molecule has 2 unspecified atom stereocenters. The van der Waals surface area contributed by atoms with Crippen LogP contribution in [0.1, 0.15) is 6.92 Å². The molecule has 0 saturated carbocycles. The third kappa shape index (κ3) is 1.70. The normalized spacial score (nSPS) is 45.8. The minimum absolute atomic E-state index is 0.233. The van der Waals surface area contributed by atoms with Crippen LogP contribution in [0.25, 0.3) is 0 Å². The molecule has 66 valence electrons. The number of rotatable bonds is 1. The van der Waals surface area contributed by atoms with Crippen molar-refractivity contribution in [2.75, 3.05) is 13.7 Å². The maximum Gasteiger partial charge on any atom is 0.114 e. The van der Waals surface area contributed by atoms with Gasteiger partial charge in [-0.3, -0.25) is 0 Å². The van der Waals surface area contributed by atoms with Gasteiger partial charge in [0.2, 0.25) is 0 Å². The van der Waals surface area contributed by atoms with E-state index in [2.05, 4.69) is 0 Å². The van der Waals surface area contributed by atoms with Gasteiger partial charge in [-0.2, -0.15) is 0 Å². The van der Waals surface area contributed by atoms with Crippen LogP contribution in [-0.4, -0.2) is 48.3 Å². The molecule has 4 atom stereocenters. The van der Waals surface area contributed by atoms with Crippen LogP contribution in [0.3, 0.4) is 0 Å². The van der Waals surface area contributed by atoms with Crippen molar-refractivity contribution in [3.8, 4) is 0 Å². The molecule has 2 N–H and O–H groups in total. The zero-order valence-electron chi connectivity index (χ0n) is 6.73. The van der Waals surface area contributed by atoms with Crippen molar-refractivity contribution >= 4 is 0 Å². The zero-order valence-corrected chi connectivity index (χ0v) is 6.73. The van der Waals surface area contributed by atoms with Crippen LogP contribution in [0.15, 0.2) is 0 Å². The Kier molecular flexibility index (Phi) is 2.84. The van der Waals surface area contributed by atoms with Gasteiger partial charge in [-0.25, -0.2) is 0 Å². The lowest BCUT2D eigenvalue weighted by atomic mass is 10.0. The molecule has 0 aromatic heterocycles. The molecule has 11 heavy (non-hydrogen) atoms. The highest BCUT2D eigenvalue weighted by Gasteiger charge is 2.36. The van der Waals surface area contributed by atoms with Crippen LogP contribution in [0.4, 0.5) is 0 Å². The Labute approximate surface area is 65.7 Å². The van der Waals surface area contributed by atoms with E-state index in [0.29, 0.717) is 0 Å². The first-order valence-electron chi connectivity index (χ1n) is 3.67. The summed E-state index contributed by atoms with van der Waals surface area (Å²) in [6, 6.07) is 0. The molecule has 0 aromatic rings. The van der Waals surface area contributed by atoms with Crippen molar-refractivity contribution < 1.29 is 19.7 Å². The standard InChI is InChI=1S/C7H14O4/c1-4-6(9)7(10-2)5(8)3-11-4/h4-9H,3H2,1-2H3/t4?,5-,6?,7-/m0/s1. The fourth-order valence-electron chi connectivity index (χ4n) is 1.24. The van der Waals surface area contributed by atoms with Gasteiger partial charge in [0.15, 0.2) is 0 Å². The van der Waals surface area contributed by atoms with Crippen LogP contribution >= 0.6 is 0 Å². The third-order valence-electron chi connectivity index (χ3n) is 2.00. The van der Waals surface area contributed by atoms with Gasteiger partial charge < -0.3 is 19.7 Å². The van der Waals surface area contributed by atoms with Crippen molar-refractivity contribution in [1.82, 2.24) is 0 Å². The van der Waals surface area contributed by atoms with Crippen LogP contribution in [0.2, 0.25) is 0 Å². The first-order valence-corrected chi connectivity index (χ1v) is 3.67. The van der Waals surface area contributed by atoms with E-state index in [1.54, 1.807) is 6.92 Å². The molecule has 0 spiro atoms. The van der Waals surface area contributed by atoms with E-state index < -0.39 is 18.3 Å². The minimum atomic E-state index is -0.733. The van der Waals surface area contributed by atoms with Crippen LogP contribution < -0.4 is 0 Å². The van der Waals surface area contributed by atoms with E-state index in [1.165, 1.54) is 7.11 Å². The minimum Gasteiger partial charge on any atom is -0.388 e. The fraction of sp³-hybridized carbons (Fsp3) is 1.00. The predicted octanol–water partition coefficient (Wildman–Crippen LogP) is -0.858. The molecular formula is C7H14O4. The van der Waals surface area contributed by atoms with Crippen molar-refractivity contribution in [3.05, 3.63) is 0 Å². The second kappa shape index (κ2) is 3.49. The molecule has 0 radical (unpaired) electrons. The van der Waals surface area contributed by atoms with E-state index in [4.69, 9.17) is 9.47 Å². The van der Waals surface area contributed by atoms with Crippen molar-refractivity contribution in [2.45, 2.75) is 31.3 Å². The molecule has 1 heterocycles. The van der Waals surface area contributed by atoms with E-state index in [1.807, 2.05) is 0 Å². The highest BCUT2D eigenvalue weighted by molar-refractivity contribution is 4.85. The Morgan fingerprint density at radius 1 is 1.45 bits per heavy atom. The van der Waals surface area contributed by atoms with Gasteiger partial charge in [0, 0.05) is 7.11 Å². The van der Waals surface area contributed by atoms with Gasteiger partial charge in [0.05, 0.1) is 12.7 Å². The molecule has 1 fully saturated rings. The fourth-order valence-corrected chi connectivity index (χ4v) is 1.24. The molecule has 0 aliphatic carbocycles. The summed E-state index contributed by atoms with van der Waals surface area (Å²) in [5, 5.41) is 18.6. The van der Waals surface area contributed by atoms with Gasteiger partial charge >= 0.3 is 0 Å². The average molecular weight is 162 g/mol. The summed E-state index contributed by atoms with van der Waals surface area (Å²) in [7, 11) is 1.47. The lowest BCUT2D eigenvalue weighted by molar-refractivity contribution is -0.190. The Morgan fingerprint density at radius 2 is 2.09 bits per heavy atom. The lowest BCUT2D eigenvalue weighted by Gasteiger charge is -2.35. The van der Waals surface area contributed by atoms with E-state index in [0.717, 1.165) is 0 Å². The number of hydrogen-bond acceptors (Lipinski definition) is 4. The van der Waals surface area contributed by atoms with Gasteiger partial charge in [-0.05, 0) is 6.92 Å². The predicted molar refractivity (Wildman–Crippen MR) is 38.2 cm³/mol. The first kappa shape index (κ1) is 8.93. The number of methoxy groups -OCH3 is 1. The monoisotopic (exact) mass is 162 g/mol. The van der Waals surface area contributed by atoms with E-state index in [-0.39, 0.29) is 12.7 Å². The lowest BCUT2D eigenvalue weighted by Crippen LogP contribution is -2.52. The highest BCUT2D eigenvalue weighted by Crippen LogP contribution is 2.16. The molecule has 4 nitrogen and oxygen atoms in total. The molecule has 0 aromatic carbocycles. The Bertz CT molecular complexity index is 128. The quantitative estimate of drug-likeness (QED) is 0.527. The SMILES string of the molecule is CO[C@@H]1C(O)C(C)OC[C@@H]1O. The van der Waals surface area contributed by atoms with Gasteiger partial charge in [0.25, 0.3) is 0 Å². The summed E-state index contributed by atoms with van der Waals surface area (Å²) >= 11 is 0. The molecule has 4 heteroatoms. The number of aliphatic hydroxyl groups is 2.